The number of cyclic esters (lactones) is 1. The number of hydrogen-bond donors (Lipinski definition) is 1. The smallest absolute Gasteiger partial charge is 0.407 e. The molecule has 1 aliphatic heterocycles. The zero-order chi connectivity index (χ0) is 14.0. The lowest BCUT2D eigenvalue weighted by molar-refractivity contribution is 0.0380. The Balaban J connectivity index is 0.00000200. The summed E-state index contributed by atoms with van der Waals surface area (Å²) in [5.41, 5.74) is 0.664. The molecule has 5 nitrogen and oxygen atoms in total. The van der Waals surface area contributed by atoms with Crippen molar-refractivity contribution < 1.29 is 19.0 Å². The molecule has 1 aromatic rings. The van der Waals surface area contributed by atoms with Crippen molar-refractivity contribution in [3.63, 3.8) is 0 Å². The standard InChI is InChI=1S/C14H19NO4.ClH/c1-14(2)8-19-13(16)15-12(14)9-6-5-7-10(17-3)11(9)18-4;/h5-7,12H,8H2,1-4H3,(H,15,16);1H/t12-;/m1./s1. The van der Waals surface area contributed by atoms with Crippen LogP contribution in [0.2, 0.25) is 0 Å². The Hall–Kier alpha value is -1.62. The average Bonchev–Trinajstić information content (AvgIpc) is 2.40. The van der Waals surface area contributed by atoms with Crippen LogP contribution in [0.25, 0.3) is 0 Å². The second kappa shape index (κ2) is 6.22. The lowest BCUT2D eigenvalue weighted by Gasteiger charge is -2.39. The third-order valence-electron chi connectivity index (χ3n) is 3.36. The van der Waals surface area contributed by atoms with Crippen LogP contribution in [-0.2, 0) is 4.74 Å². The van der Waals surface area contributed by atoms with Gasteiger partial charge >= 0.3 is 6.09 Å². The van der Waals surface area contributed by atoms with Crippen LogP contribution < -0.4 is 14.8 Å². The molecule has 1 amide bonds. The molecule has 1 aromatic carbocycles. The van der Waals surface area contributed by atoms with E-state index in [0.29, 0.717) is 18.1 Å². The maximum Gasteiger partial charge on any atom is 0.407 e. The Morgan fingerprint density at radius 2 is 2.00 bits per heavy atom. The number of amides is 1. The normalized spacial score (nSPS) is 20.2. The van der Waals surface area contributed by atoms with E-state index in [4.69, 9.17) is 14.2 Å². The molecule has 0 aliphatic carbocycles. The SMILES string of the molecule is COc1cccc([C@H]2NC(=O)OCC2(C)C)c1OC.Cl. The van der Waals surface area contributed by atoms with Crippen LogP contribution in [0.1, 0.15) is 25.5 Å². The van der Waals surface area contributed by atoms with Gasteiger partial charge in [-0.1, -0.05) is 26.0 Å². The Morgan fingerprint density at radius 3 is 2.60 bits per heavy atom. The Labute approximate surface area is 125 Å². The van der Waals surface area contributed by atoms with Gasteiger partial charge in [0.05, 0.1) is 20.3 Å². The number of hydrogen-bond acceptors (Lipinski definition) is 4. The molecule has 0 spiro atoms. The third kappa shape index (κ3) is 2.93. The minimum atomic E-state index is -0.408. The number of halogens is 1. The molecule has 0 aromatic heterocycles. The van der Waals surface area contributed by atoms with E-state index < -0.39 is 6.09 Å². The summed E-state index contributed by atoms with van der Waals surface area (Å²) in [4.78, 5) is 11.5. The van der Waals surface area contributed by atoms with Crippen molar-refractivity contribution in [2.24, 2.45) is 5.41 Å². The zero-order valence-electron chi connectivity index (χ0n) is 12.1. The largest absolute Gasteiger partial charge is 0.493 e. The van der Waals surface area contributed by atoms with Crippen molar-refractivity contribution in [2.75, 3.05) is 20.8 Å². The Bertz CT molecular complexity index is 490. The number of ether oxygens (including phenoxy) is 3. The minimum absolute atomic E-state index is 0. The van der Waals surface area contributed by atoms with E-state index >= 15 is 0 Å². The molecule has 0 saturated carbocycles. The molecule has 2 rings (SSSR count). The molecule has 1 atom stereocenters. The van der Waals surface area contributed by atoms with Gasteiger partial charge in [-0.25, -0.2) is 4.79 Å². The van der Waals surface area contributed by atoms with Crippen LogP contribution in [0.15, 0.2) is 18.2 Å². The fourth-order valence-corrected chi connectivity index (χ4v) is 2.33. The molecule has 20 heavy (non-hydrogen) atoms. The van der Waals surface area contributed by atoms with Gasteiger partial charge in [-0.3, -0.25) is 0 Å². The van der Waals surface area contributed by atoms with E-state index in [2.05, 4.69) is 5.32 Å². The van der Waals surface area contributed by atoms with Crippen LogP contribution >= 0.6 is 12.4 Å². The van der Waals surface area contributed by atoms with Gasteiger partial charge in [0, 0.05) is 11.0 Å². The molecule has 0 radical (unpaired) electrons. The molecular weight excluding hydrogens is 282 g/mol. The Kier molecular flexibility index (Phi) is 5.11. The van der Waals surface area contributed by atoms with Crippen LogP contribution in [0.5, 0.6) is 11.5 Å². The van der Waals surface area contributed by atoms with Gasteiger partial charge in [0.15, 0.2) is 11.5 Å². The fraction of sp³-hybridized carbons (Fsp3) is 0.500. The number of carbonyl (C=O) groups is 1. The first-order chi connectivity index (χ1) is 8.99. The molecule has 0 unspecified atom stereocenters. The lowest BCUT2D eigenvalue weighted by atomic mass is 9.80. The number of benzene rings is 1. The first-order valence-electron chi connectivity index (χ1n) is 6.14. The highest BCUT2D eigenvalue weighted by Crippen LogP contribution is 2.43. The van der Waals surface area contributed by atoms with Crippen molar-refractivity contribution >= 4 is 18.5 Å². The molecule has 0 bridgehead atoms. The van der Waals surface area contributed by atoms with E-state index in [0.717, 1.165) is 5.56 Å². The van der Waals surface area contributed by atoms with Crippen LogP contribution in [0.4, 0.5) is 4.79 Å². The summed E-state index contributed by atoms with van der Waals surface area (Å²) in [5, 5.41) is 2.85. The molecule has 6 heteroatoms. The number of methoxy groups -OCH3 is 2. The average molecular weight is 302 g/mol. The minimum Gasteiger partial charge on any atom is -0.493 e. The zero-order valence-corrected chi connectivity index (χ0v) is 12.9. The highest BCUT2D eigenvalue weighted by Gasteiger charge is 2.39. The monoisotopic (exact) mass is 301 g/mol. The second-order valence-corrected chi connectivity index (χ2v) is 5.22. The van der Waals surface area contributed by atoms with E-state index in [9.17, 15) is 4.79 Å². The molecule has 1 saturated heterocycles. The quantitative estimate of drug-likeness (QED) is 0.932. The number of rotatable bonds is 3. The van der Waals surface area contributed by atoms with Crippen molar-refractivity contribution in [1.82, 2.24) is 5.32 Å². The van der Waals surface area contributed by atoms with Gasteiger partial charge < -0.3 is 19.5 Å². The fourth-order valence-electron chi connectivity index (χ4n) is 2.33. The summed E-state index contributed by atoms with van der Waals surface area (Å²) >= 11 is 0. The van der Waals surface area contributed by atoms with E-state index in [1.54, 1.807) is 14.2 Å². The topological polar surface area (TPSA) is 56.8 Å². The van der Waals surface area contributed by atoms with Gasteiger partial charge in [-0.2, -0.15) is 0 Å². The number of alkyl carbamates (subject to hydrolysis) is 1. The summed E-state index contributed by atoms with van der Waals surface area (Å²) in [6.07, 6.45) is -0.408. The van der Waals surface area contributed by atoms with Crippen LogP contribution in [0, 0.1) is 5.41 Å². The van der Waals surface area contributed by atoms with E-state index in [1.807, 2.05) is 32.0 Å². The summed E-state index contributed by atoms with van der Waals surface area (Å²) < 4.78 is 15.8. The Morgan fingerprint density at radius 1 is 1.30 bits per heavy atom. The lowest BCUT2D eigenvalue weighted by Crippen LogP contribution is -2.47. The van der Waals surface area contributed by atoms with Crippen molar-refractivity contribution in [3.05, 3.63) is 23.8 Å². The summed E-state index contributed by atoms with van der Waals surface area (Å²) in [6, 6.07) is 5.46. The van der Waals surface area contributed by atoms with Crippen molar-refractivity contribution in [1.29, 1.82) is 0 Å². The van der Waals surface area contributed by atoms with Crippen LogP contribution in [-0.4, -0.2) is 26.9 Å². The molecule has 112 valence electrons. The summed E-state index contributed by atoms with van der Waals surface area (Å²) in [6.45, 7) is 4.44. The van der Waals surface area contributed by atoms with E-state index in [-0.39, 0.29) is 23.9 Å². The van der Waals surface area contributed by atoms with Gasteiger partial charge in [0.1, 0.15) is 6.61 Å². The van der Waals surface area contributed by atoms with Crippen LogP contribution in [0.3, 0.4) is 0 Å². The number of nitrogens with one attached hydrogen (secondary N) is 1. The predicted octanol–water partition coefficient (Wildman–Crippen LogP) is 2.93. The second-order valence-electron chi connectivity index (χ2n) is 5.22. The van der Waals surface area contributed by atoms with Crippen molar-refractivity contribution in [3.8, 4) is 11.5 Å². The first-order valence-corrected chi connectivity index (χ1v) is 6.14. The van der Waals surface area contributed by atoms with Gasteiger partial charge in [0.25, 0.3) is 0 Å². The first kappa shape index (κ1) is 16.4. The van der Waals surface area contributed by atoms with E-state index in [1.165, 1.54) is 0 Å². The molecule has 1 N–H and O–H groups in total. The number of para-hydroxylation sites is 1. The highest BCUT2D eigenvalue weighted by atomic mass is 35.5. The summed E-state index contributed by atoms with van der Waals surface area (Å²) in [5.74, 6) is 1.29. The maximum atomic E-state index is 11.5. The number of carbonyl (C=O) groups excluding carboxylic acids is 1. The highest BCUT2D eigenvalue weighted by molar-refractivity contribution is 5.85. The summed E-state index contributed by atoms with van der Waals surface area (Å²) in [7, 11) is 3.19. The third-order valence-corrected chi connectivity index (χ3v) is 3.36. The predicted molar refractivity (Wildman–Crippen MR) is 77.8 cm³/mol. The van der Waals surface area contributed by atoms with Gasteiger partial charge in [0.2, 0.25) is 0 Å². The molecular formula is C14H20ClNO4. The molecule has 1 aliphatic rings. The molecule has 1 fully saturated rings. The maximum absolute atomic E-state index is 11.5. The molecule has 1 heterocycles. The van der Waals surface area contributed by atoms with Gasteiger partial charge in [-0.05, 0) is 6.07 Å². The van der Waals surface area contributed by atoms with Gasteiger partial charge in [-0.15, -0.1) is 12.4 Å². The van der Waals surface area contributed by atoms with Crippen molar-refractivity contribution in [2.45, 2.75) is 19.9 Å².